The fourth-order valence-corrected chi connectivity index (χ4v) is 1.34. The van der Waals surface area contributed by atoms with Crippen molar-refractivity contribution in [2.24, 2.45) is 0 Å². The van der Waals surface area contributed by atoms with Crippen molar-refractivity contribution < 1.29 is 4.79 Å². The molecule has 0 bridgehead atoms. The van der Waals surface area contributed by atoms with Gasteiger partial charge in [-0.2, -0.15) is 0 Å². The number of rotatable bonds is 3. The third kappa shape index (κ3) is 2.08. The van der Waals surface area contributed by atoms with E-state index in [4.69, 9.17) is 0 Å². The average Bonchev–Trinajstić information content (AvgIpc) is 2.36. The second kappa shape index (κ2) is 4.26. The number of carbonyl (C=O) groups excluding carboxylic acids is 1. The Kier molecular flexibility index (Phi) is 3.29. The number of allylic oxidation sites excluding steroid dienone is 1. The van der Waals surface area contributed by atoms with Crippen molar-refractivity contribution >= 4 is 5.91 Å². The minimum absolute atomic E-state index is 0.0474. The fourth-order valence-electron chi connectivity index (χ4n) is 1.34. The summed E-state index contributed by atoms with van der Waals surface area (Å²) < 4.78 is 0. The van der Waals surface area contributed by atoms with Crippen LogP contribution in [-0.4, -0.2) is 37.0 Å². The molecular formula is C9H16N2O. The van der Waals surface area contributed by atoms with Crippen LogP contribution in [0.5, 0.6) is 0 Å². The quantitative estimate of drug-likeness (QED) is 0.618. The van der Waals surface area contributed by atoms with Crippen molar-refractivity contribution in [2.45, 2.75) is 19.4 Å². The summed E-state index contributed by atoms with van der Waals surface area (Å²) >= 11 is 0. The summed E-state index contributed by atoms with van der Waals surface area (Å²) in [5.41, 5.74) is 0. The van der Waals surface area contributed by atoms with Crippen molar-refractivity contribution in [3.05, 3.63) is 12.2 Å². The van der Waals surface area contributed by atoms with E-state index in [9.17, 15) is 4.79 Å². The summed E-state index contributed by atoms with van der Waals surface area (Å²) in [6.07, 6.45) is 4.94. The van der Waals surface area contributed by atoms with Gasteiger partial charge in [-0.25, -0.2) is 0 Å². The molecule has 1 N–H and O–H groups in total. The first-order chi connectivity index (χ1) is 5.75. The van der Waals surface area contributed by atoms with Crippen LogP contribution in [0, 0.1) is 0 Å². The van der Waals surface area contributed by atoms with Crippen molar-refractivity contribution in [1.29, 1.82) is 0 Å². The first-order valence-corrected chi connectivity index (χ1v) is 4.35. The van der Waals surface area contributed by atoms with E-state index in [2.05, 4.69) is 5.32 Å². The SMILES string of the molecule is C/C=C/CNC1CCN(C)C1=O. The van der Waals surface area contributed by atoms with Gasteiger partial charge in [0.15, 0.2) is 0 Å². The number of carbonyl (C=O) groups is 1. The van der Waals surface area contributed by atoms with Crippen LogP contribution in [0.4, 0.5) is 0 Å². The maximum atomic E-state index is 11.3. The summed E-state index contributed by atoms with van der Waals surface area (Å²) in [5, 5.41) is 3.18. The molecule has 0 aliphatic carbocycles. The molecule has 3 heteroatoms. The molecule has 0 aromatic heterocycles. The van der Waals surface area contributed by atoms with Crippen LogP contribution in [0.1, 0.15) is 13.3 Å². The zero-order valence-corrected chi connectivity index (χ0v) is 7.71. The standard InChI is InChI=1S/C9H16N2O/c1-3-4-6-10-8-5-7-11(2)9(8)12/h3-4,8,10H,5-7H2,1-2H3/b4-3+. The van der Waals surface area contributed by atoms with Crippen molar-refractivity contribution in [3.63, 3.8) is 0 Å². The van der Waals surface area contributed by atoms with E-state index in [0.29, 0.717) is 0 Å². The van der Waals surface area contributed by atoms with Gasteiger partial charge in [0.25, 0.3) is 0 Å². The van der Waals surface area contributed by atoms with E-state index < -0.39 is 0 Å². The molecule has 68 valence electrons. The molecule has 1 amide bonds. The summed E-state index contributed by atoms with van der Waals surface area (Å²) in [5.74, 6) is 0.222. The normalized spacial score (nSPS) is 24.3. The predicted octanol–water partition coefficient (Wildman–Crippen LogP) is 0.383. The lowest BCUT2D eigenvalue weighted by atomic mass is 10.2. The molecule has 0 spiro atoms. The molecule has 12 heavy (non-hydrogen) atoms. The van der Waals surface area contributed by atoms with Crippen molar-refractivity contribution in [3.8, 4) is 0 Å². The molecule has 1 unspecified atom stereocenters. The lowest BCUT2D eigenvalue weighted by Crippen LogP contribution is -2.36. The second-order valence-corrected chi connectivity index (χ2v) is 3.08. The molecule has 1 rings (SSSR count). The number of hydrogen-bond donors (Lipinski definition) is 1. The van der Waals surface area contributed by atoms with Crippen LogP contribution < -0.4 is 5.32 Å². The van der Waals surface area contributed by atoms with Gasteiger partial charge >= 0.3 is 0 Å². The van der Waals surface area contributed by atoms with Crippen LogP contribution in [-0.2, 0) is 4.79 Å². The highest BCUT2D eigenvalue weighted by Crippen LogP contribution is 2.07. The van der Waals surface area contributed by atoms with E-state index in [-0.39, 0.29) is 11.9 Å². The highest BCUT2D eigenvalue weighted by Gasteiger charge is 2.27. The van der Waals surface area contributed by atoms with Gasteiger partial charge in [-0.15, -0.1) is 0 Å². The third-order valence-electron chi connectivity index (χ3n) is 2.15. The molecule has 1 aliphatic heterocycles. The molecule has 0 radical (unpaired) electrons. The Morgan fingerprint density at radius 2 is 2.50 bits per heavy atom. The third-order valence-corrected chi connectivity index (χ3v) is 2.15. The van der Waals surface area contributed by atoms with Gasteiger partial charge in [-0.05, 0) is 13.3 Å². The first-order valence-electron chi connectivity index (χ1n) is 4.35. The second-order valence-electron chi connectivity index (χ2n) is 3.08. The van der Waals surface area contributed by atoms with Gasteiger partial charge < -0.3 is 10.2 Å². The van der Waals surface area contributed by atoms with Crippen molar-refractivity contribution in [1.82, 2.24) is 10.2 Å². The van der Waals surface area contributed by atoms with Gasteiger partial charge in [0.2, 0.25) is 5.91 Å². The Morgan fingerprint density at radius 1 is 1.75 bits per heavy atom. The minimum atomic E-state index is 0.0474. The molecule has 1 aliphatic rings. The van der Waals surface area contributed by atoms with Gasteiger partial charge in [0.1, 0.15) is 0 Å². The monoisotopic (exact) mass is 168 g/mol. The Balaban J connectivity index is 2.29. The molecule has 0 aromatic carbocycles. The number of nitrogens with one attached hydrogen (secondary N) is 1. The summed E-state index contributed by atoms with van der Waals surface area (Å²) in [6, 6.07) is 0.0474. The van der Waals surface area contributed by atoms with Gasteiger partial charge in [-0.1, -0.05) is 12.2 Å². The minimum Gasteiger partial charge on any atom is -0.344 e. The predicted molar refractivity (Wildman–Crippen MR) is 48.9 cm³/mol. The molecule has 1 saturated heterocycles. The lowest BCUT2D eigenvalue weighted by Gasteiger charge is -2.10. The molecule has 1 atom stereocenters. The van der Waals surface area contributed by atoms with Gasteiger partial charge in [0, 0.05) is 20.1 Å². The zero-order valence-electron chi connectivity index (χ0n) is 7.71. The van der Waals surface area contributed by atoms with E-state index in [1.54, 1.807) is 4.90 Å². The van der Waals surface area contributed by atoms with Crippen LogP contribution >= 0.6 is 0 Å². The summed E-state index contributed by atoms with van der Waals surface area (Å²) in [6.45, 7) is 3.65. The Labute approximate surface area is 73.4 Å². The van der Waals surface area contributed by atoms with Crippen LogP contribution in [0.2, 0.25) is 0 Å². The van der Waals surface area contributed by atoms with Gasteiger partial charge in [0.05, 0.1) is 6.04 Å². The van der Waals surface area contributed by atoms with Gasteiger partial charge in [-0.3, -0.25) is 4.79 Å². The Hall–Kier alpha value is -0.830. The number of amides is 1. The molecule has 1 heterocycles. The smallest absolute Gasteiger partial charge is 0.239 e. The Bertz CT molecular complexity index is 189. The largest absolute Gasteiger partial charge is 0.344 e. The van der Waals surface area contributed by atoms with E-state index in [0.717, 1.165) is 19.5 Å². The molecule has 0 aromatic rings. The zero-order chi connectivity index (χ0) is 8.97. The van der Waals surface area contributed by atoms with Crippen LogP contribution in [0.3, 0.4) is 0 Å². The molecular weight excluding hydrogens is 152 g/mol. The lowest BCUT2D eigenvalue weighted by molar-refractivity contribution is -0.128. The maximum Gasteiger partial charge on any atom is 0.239 e. The highest BCUT2D eigenvalue weighted by molar-refractivity contribution is 5.83. The number of likely N-dealkylation sites (N-methyl/N-ethyl adjacent to an activating group) is 1. The Morgan fingerprint density at radius 3 is 3.00 bits per heavy atom. The van der Waals surface area contributed by atoms with Crippen LogP contribution in [0.15, 0.2) is 12.2 Å². The summed E-state index contributed by atoms with van der Waals surface area (Å²) in [4.78, 5) is 13.1. The number of nitrogens with zero attached hydrogens (tertiary/aromatic N) is 1. The molecule has 0 saturated carbocycles. The van der Waals surface area contributed by atoms with E-state index >= 15 is 0 Å². The average molecular weight is 168 g/mol. The topological polar surface area (TPSA) is 32.3 Å². The fraction of sp³-hybridized carbons (Fsp3) is 0.667. The van der Waals surface area contributed by atoms with E-state index in [1.165, 1.54) is 0 Å². The molecule has 3 nitrogen and oxygen atoms in total. The van der Waals surface area contributed by atoms with E-state index in [1.807, 2.05) is 26.1 Å². The van der Waals surface area contributed by atoms with Crippen molar-refractivity contribution in [2.75, 3.05) is 20.1 Å². The van der Waals surface area contributed by atoms with Crippen LogP contribution in [0.25, 0.3) is 0 Å². The first kappa shape index (κ1) is 9.26. The maximum absolute atomic E-state index is 11.3. The summed E-state index contributed by atoms with van der Waals surface area (Å²) in [7, 11) is 1.85. The molecule has 1 fully saturated rings. The highest BCUT2D eigenvalue weighted by atomic mass is 16.2. The number of likely N-dealkylation sites (tertiary alicyclic amines) is 1. The number of hydrogen-bond acceptors (Lipinski definition) is 2.